The largest absolute Gasteiger partial charge is 0.390 e. The zero-order valence-electron chi connectivity index (χ0n) is 37.3. The van der Waals surface area contributed by atoms with E-state index in [0.717, 1.165) is 51.4 Å². The highest BCUT2D eigenvalue weighted by molar-refractivity contribution is 6.29. The molecule has 7 heterocycles. The predicted octanol–water partition coefficient (Wildman–Crippen LogP) is 1.11. The first-order valence-electron chi connectivity index (χ1n) is 23.3. The van der Waals surface area contributed by atoms with Crippen molar-refractivity contribution in [1.82, 2.24) is 84.0 Å². The minimum Gasteiger partial charge on any atom is -0.390 e. The van der Waals surface area contributed by atoms with Crippen molar-refractivity contribution in [3.63, 3.8) is 0 Å². The molecule has 4 aliphatic carbocycles. The Kier molecular flexibility index (Phi) is 12.7. The number of aromatic nitrogens is 17. The summed E-state index contributed by atoms with van der Waals surface area (Å²) < 4.78 is 3.41. The summed E-state index contributed by atoms with van der Waals surface area (Å²) in [7, 11) is 0. The van der Waals surface area contributed by atoms with Gasteiger partial charge in [0, 0.05) is 24.2 Å². The number of nitrogens with one attached hydrogen (secondary N) is 4. The van der Waals surface area contributed by atoms with Crippen LogP contribution in [0.4, 0.5) is 23.5 Å². The van der Waals surface area contributed by atoms with Crippen LogP contribution in [0.3, 0.4) is 0 Å². The molecule has 0 aromatic carbocycles. The molecule has 8 atom stereocenters. The first kappa shape index (κ1) is 46.3. The topological polar surface area (TPSA) is 357 Å². The first-order valence-corrected chi connectivity index (χ1v) is 24.1. The van der Waals surface area contributed by atoms with Crippen LogP contribution in [0.1, 0.15) is 99.8 Å². The van der Waals surface area contributed by atoms with Crippen LogP contribution in [0.15, 0.2) is 31.4 Å². The molecule has 0 radical (unpaired) electrons. The highest BCUT2D eigenvalue weighted by Gasteiger charge is 2.47. The molecule has 10 N–H and O–H groups in total. The Labute approximate surface area is 407 Å². The first-order chi connectivity index (χ1) is 34.0. The highest BCUT2D eigenvalue weighted by Crippen LogP contribution is 2.42. The van der Waals surface area contributed by atoms with Crippen LogP contribution in [-0.2, 0) is 13.2 Å². The lowest BCUT2D eigenvalue weighted by Crippen LogP contribution is -2.34. The van der Waals surface area contributed by atoms with E-state index in [0.29, 0.717) is 70.1 Å². The molecule has 0 spiro atoms. The maximum Gasteiger partial charge on any atom is 0.227 e. The van der Waals surface area contributed by atoms with Gasteiger partial charge in [0.2, 0.25) is 22.5 Å². The van der Waals surface area contributed by atoms with Crippen LogP contribution in [0.5, 0.6) is 0 Å². The molecule has 29 heteroatoms. The summed E-state index contributed by atoms with van der Waals surface area (Å²) >= 11 is 12.9. The smallest absolute Gasteiger partial charge is 0.227 e. The highest BCUT2D eigenvalue weighted by atomic mass is 35.5. The summed E-state index contributed by atoms with van der Waals surface area (Å²) in [6.07, 6.45) is 10.0. The molecular formula is C41H51Cl2N21O6. The summed E-state index contributed by atoms with van der Waals surface area (Å²) in [6.45, 7) is -0.574. The molecule has 0 amide bonds. The molecular weight excluding hydrogens is 953 g/mol. The molecule has 27 nitrogen and oxygen atoms in total. The molecule has 0 unspecified atom stereocenters. The van der Waals surface area contributed by atoms with Crippen molar-refractivity contribution in [2.45, 2.75) is 150 Å². The number of hydrogen-bond donors (Lipinski definition) is 10. The average molecular weight is 1000 g/mol. The molecule has 370 valence electrons. The SMILES string of the molecule is OCc1cnn([C@H]2C[C@@H](n3cnc4c(NC5CCC(Nc6ncnc(NC7CCC(Nc8nc(Cl)nc9c8ncn9[C@@H]8C[C@H](n9ncc(CO)n9)[C@@H](O)[C@H]8O)CC7)n6)CC5)nc(Cl)nc43)[C@H](O)[C@@H]2O)n1. The Balaban J connectivity index is 0.666. The molecule has 0 bridgehead atoms. The number of rotatable bonds is 14. The van der Waals surface area contributed by atoms with E-state index in [-0.39, 0.29) is 47.9 Å². The summed E-state index contributed by atoms with van der Waals surface area (Å²) in [4.78, 5) is 43.2. The van der Waals surface area contributed by atoms with Gasteiger partial charge in [-0.2, -0.15) is 54.9 Å². The van der Waals surface area contributed by atoms with Gasteiger partial charge in [-0.1, -0.05) is 0 Å². The van der Waals surface area contributed by atoms with Gasteiger partial charge in [0.05, 0.1) is 50.3 Å². The van der Waals surface area contributed by atoms with Crippen LogP contribution < -0.4 is 21.3 Å². The van der Waals surface area contributed by atoms with Crippen LogP contribution >= 0.6 is 23.2 Å². The summed E-state index contributed by atoms with van der Waals surface area (Å²) in [5, 5.41) is 93.7. The molecule has 7 aromatic heterocycles. The molecule has 0 saturated heterocycles. The van der Waals surface area contributed by atoms with E-state index >= 15 is 0 Å². The predicted molar refractivity (Wildman–Crippen MR) is 248 cm³/mol. The van der Waals surface area contributed by atoms with E-state index in [2.05, 4.69) is 81.5 Å². The van der Waals surface area contributed by atoms with Gasteiger partial charge in [-0.15, -0.1) is 0 Å². The van der Waals surface area contributed by atoms with Gasteiger partial charge in [0.15, 0.2) is 34.0 Å². The zero-order chi connectivity index (χ0) is 48.2. The van der Waals surface area contributed by atoms with Crippen LogP contribution in [0.2, 0.25) is 10.6 Å². The molecule has 4 fully saturated rings. The van der Waals surface area contributed by atoms with Gasteiger partial charge in [-0.05, 0) is 87.4 Å². The quantitative estimate of drug-likeness (QED) is 0.0682. The minimum absolute atomic E-state index is 0.0185. The Bertz CT molecular complexity index is 2760. The lowest BCUT2D eigenvalue weighted by molar-refractivity contribution is 0.00491. The summed E-state index contributed by atoms with van der Waals surface area (Å²) in [5.41, 5.74) is 2.56. The van der Waals surface area contributed by atoms with E-state index in [1.807, 2.05) is 0 Å². The van der Waals surface area contributed by atoms with Gasteiger partial charge in [0.25, 0.3) is 0 Å². The molecule has 4 saturated carbocycles. The number of anilines is 4. The monoisotopic (exact) mass is 1000 g/mol. The standard InChI is InChI=1S/C41H51Cl2N21O6/c42-38-54-34(28-36(56-38)61(16-46-28)24-9-26(32(69)30(24)67)63-48-11-22(13-65)59-63)50-18-1-5-20(6-2-18)52-40-44-15-45-41(58-40)53-21-7-3-19(4-8-21)51-35-29-37(57-39(43)55-35)62(17-47-29)25-10-27(33(70)31(25)68)64-49-12-23(14-66)60-64/h11-12,15-21,24-27,30-33,65-70H,1-10,13-14H2,(H,50,54,56)(H,51,55,57)(H2,44,45,52,53,58)/t18?,19?,20?,21?,24-,25-,26+,27+,30+,31+,32-,33-/m1/s1. The second-order valence-electron chi connectivity index (χ2n) is 18.5. The van der Waals surface area contributed by atoms with Gasteiger partial charge in [-0.3, -0.25) is 0 Å². The van der Waals surface area contributed by atoms with Crippen LogP contribution in [0.25, 0.3) is 22.3 Å². The van der Waals surface area contributed by atoms with Crippen molar-refractivity contribution in [2.24, 2.45) is 0 Å². The van der Waals surface area contributed by atoms with E-state index in [4.69, 9.17) is 28.2 Å². The Morgan fingerprint density at radius 2 is 0.886 bits per heavy atom. The van der Waals surface area contributed by atoms with Crippen molar-refractivity contribution in [1.29, 1.82) is 0 Å². The van der Waals surface area contributed by atoms with Crippen molar-refractivity contribution in [3.05, 3.63) is 53.3 Å². The van der Waals surface area contributed by atoms with Crippen molar-refractivity contribution < 1.29 is 30.6 Å². The number of nitrogens with zero attached hydrogens (tertiary/aromatic N) is 17. The third kappa shape index (κ3) is 8.99. The third-order valence-corrected chi connectivity index (χ3v) is 14.5. The Hall–Kier alpha value is -6.07. The van der Waals surface area contributed by atoms with E-state index in [9.17, 15) is 30.6 Å². The number of hydrogen-bond acceptors (Lipinski definition) is 23. The maximum atomic E-state index is 11.1. The zero-order valence-corrected chi connectivity index (χ0v) is 38.9. The summed E-state index contributed by atoms with van der Waals surface area (Å²) in [6, 6.07) is -2.03. The minimum atomic E-state index is -1.16. The molecule has 0 aliphatic heterocycles. The van der Waals surface area contributed by atoms with Crippen molar-refractivity contribution in [2.75, 3.05) is 21.3 Å². The van der Waals surface area contributed by atoms with Gasteiger partial charge in [0.1, 0.15) is 54.2 Å². The Morgan fingerprint density at radius 3 is 1.27 bits per heavy atom. The number of aliphatic hydroxyl groups excluding tert-OH is 6. The normalized spacial score (nSPS) is 29.3. The number of halogens is 2. The fourth-order valence-corrected chi connectivity index (χ4v) is 10.8. The Morgan fingerprint density at radius 1 is 0.500 bits per heavy atom. The summed E-state index contributed by atoms with van der Waals surface area (Å²) in [5.74, 6) is 1.95. The fourth-order valence-electron chi connectivity index (χ4n) is 10.5. The average Bonchev–Trinajstić information content (AvgIpc) is 4.24. The van der Waals surface area contributed by atoms with Gasteiger partial charge in [-0.25, -0.2) is 19.9 Å². The van der Waals surface area contributed by atoms with Crippen LogP contribution in [-0.4, -0.2) is 163 Å². The number of aliphatic hydroxyl groups is 6. The molecule has 7 aromatic rings. The second kappa shape index (κ2) is 19.3. The molecule has 70 heavy (non-hydrogen) atoms. The van der Waals surface area contributed by atoms with Gasteiger partial charge < -0.3 is 61.0 Å². The third-order valence-electron chi connectivity index (χ3n) is 14.1. The van der Waals surface area contributed by atoms with E-state index < -0.39 is 48.6 Å². The molecule has 11 rings (SSSR count). The van der Waals surface area contributed by atoms with E-state index in [1.165, 1.54) is 28.3 Å². The van der Waals surface area contributed by atoms with E-state index in [1.54, 1.807) is 21.8 Å². The lowest BCUT2D eigenvalue weighted by Gasteiger charge is -2.30. The van der Waals surface area contributed by atoms with Crippen LogP contribution in [0, 0.1) is 0 Å². The van der Waals surface area contributed by atoms with Crippen molar-refractivity contribution >= 4 is 69.1 Å². The number of fused-ring (bicyclic) bond motifs is 2. The van der Waals surface area contributed by atoms with Crippen molar-refractivity contribution in [3.8, 4) is 0 Å². The number of imidazole rings is 2. The lowest BCUT2D eigenvalue weighted by atomic mass is 9.91. The maximum absolute atomic E-state index is 11.1. The molecule has 4 aliphatic rings. The van der Waals surface area contributed by atoms with Gasteiger partial charge >= 0.3 is 0 Å². The fraction of sp³-hybridized carbons (Fsp3) is 0.585. The second-order valence-corrected chi connectivity index (χ2v) is 19.1.